The number of rotatable bonds is 4. The summed E-state index contributed by atoms with van der Waals surface area (Å²) in [6, 6.07) is 4.83. The molecule has 3 aliphatic carbocycles. The fourth-order valence-electron chi connectivity index (χ4n) is 6.90. The number of nitrogens with zero attached hydrogens (tertiary/aromatic N) is 3. The number of hydrogen-bond donors (Lipinski definition) is 1. The number of benzene rings is 1. The number of hydrazine groups is 1. The number of carbonyl (C=O) groups excluding carboxylic acids is 4. The number of anilines is 1. The predicted octanol–water partition coefficient (Wildman–Crippen LogP) is 5.71. The number of fused-ring (bicyclic) bond motifs is 3. The topological polar surface area (TPSA) is 117 Å². The highest BCUT2D eigenvalue weighted by Crippen LogP contribution is 2.57. The Labute approximate surface area is 268 Å². The van der Waals surface area contributed by atoms with Gasteiger partial charge in [0, 0.05) is 39.7 Å². The van der Waals surface area contributed by atoms with Crippen LogP contribution >= 0.6 is 27.5 Å². The van der Waals surface area contributed by atoms with Gasteiger partial charge in [-0.1, -0.05) is 39.2 Å². The zero-order chi connectivity index (χ0) is 32.7. The van der Waals surface area contributed by atoms with Crippen LogP contribution in [0.5, 0.6) is 11.5 Å². The number of halogens is 5. The van der Waals surface area contributed by atoms with Gasteiger partial charge < -0.3 is 9.84 Å². The van der Waals surface area contributed by atoms with Crippen LogP contribution in [-0.2, 0) is 25.4 Å². The molecule has 4 unspecified atom stereocenters. The lowest BCUT2D eigenvalue weighted by atomic mass is 9.59. The Hall–Kier alpha value is -3.97. The lowest BCUT2D eigenvalue weighted by molar-refractivity contribution is -0.141. The number of carbonyl (C=O) groups is 4. The molecule has 0 bridgehead atoms. The monoisotopic (exact) mass is 705 g/mol. The summed E-state index contributed by atoms with van der Waals surface area (Å²) >= 11 is 9.60. The number of aromatic nitrogens is 1. The number of Topliss-reactive ketones (excluding diaryl/α,β-unsaturated/α-hetero) is 1. The molecule has 1 aromatic heterocycles. The first-order valence-electron chi connectivity index (χ1n) is 13.8. The summed E-state index contributed by atoms with van der Waals surface area (Å²) in [5.74, 6) is -6.37. The second kappa shape index (κ2) is 10.8. The Morgan fingerprint density at radius 2 is 1.84 bits per heavy atom. The highest BCUT2D eigenvalue weighted by Gasteiger charge is 2.58. The van der Waals surface area contributed by atoms with E-state index < -0.39 is 59.0 Å². The van der Waals surface area contributed by atoms with Gasteiger partial charge in [-0.3, -0.25) is 24.2 Å². The molecule has 2 amide bonds. The van der Waals surface area contributed by atoms with Gasteiger partial charge in [-0.15, -0.1) is 0 Å². The van der Waals surface area contributed by atoms with Crippen LogP contribution in [-0.4, -0.2) is 52.6 Å². The van der Waals surface area contributed by atoms with Crippen molar-refractivity contribution in [3.63, 3.8) is 0 Å². The van der Waals surface area contributed by atoms with Crippen molar-refractivity contribution >= 4 is 56.7 Å². The molecule has 2 heterocycles. The second-order valence-corrected chi connectivity index (χ2v) is 12.6. The van der Waals surface area contributed by atoms with Gasteiger partial charge in [-0.2, -0.15) is 18.2 Å². The molecule has 0 saturated carbocycles. The third-order valence-corrected chi connectivity index (χ3v) is 9.62. The lowest BCUT2D eigenvalue weighted by Crippen LogP contribution is -2.46. The molecule has 234 valence electrons. The number of phenols is 1. The number of ketones is 2. The Morgan fingerprint density at radius 1 is 1.13 bits per heavy atom. The third kappa shape index (κ3) is 4.78. The molecule has 9 nitrogen and oxygen atoms in total. The normalized spacial score (nSPS) is 24.7. The summed E-state index contributed by atoms with van der Waals surface area (Å²) in [6.45, 7) is 1.51. The van der Waals surface area contributed by atoms with Gasteiger partial charge in [0.05, 0.1) is 24.0 Å². The molecule has 1 aliphatic heterocycles. The SMILES string of the molecule is COc1cc(Br)cc(C2C3=CCC4C(=O)N(N(C)c5nc(C(F)(F)F)ccc5Cl)C(=O)C4C3CC3=C2C(=O)C=C(C)C3=O)c1O. The summed E-state index contributed by atoms with van der Waals surface area (Å²) in [7, 11) is 2.59. The van der Waals surface area contributed by atoms with Crippen LogP contribution in [0, 0.1) is 17.8 Å². The van der Waals surface area contributed by atoms with Gasteiger partial charge >= 0.3 is 6.18 Å². The number of phenolic OH excluding ortho intramolecular Hbond substituents is 1. The lowest BCUT2D eigenvalue weighted by Gasteiger charge is -2.42. The van der Waals surface area contributed by atoms with Crippen molar-refractivity contribution in [3.05, 3.63) is 79.5 Å². The summed E-state index contributed by atoms with van der Waals surface area (Å²) in [6.07, 6.45) is -1.76. The van der Waals surface area contributed by atoms with Gasteiger partial charge in [-0.05, 0) is 56.0 Å². The van der Waals surface area contributed by atoms with E-state index in [9.17, 15) is 37.5 Å². The molecule has 1 N–H and O–H groups in total. The number of alkyl halides is 3. The van der Waals surface area contributed by atoms with Crippen LogP contribution in [0.25, 0.3) is 0 Å². The Bertz CT molecular complexity index is 1820. The van der Waals surface area contributed by atoms with E-state index in [1.165, 1.54) is 33.2 Å². The average molecular weight is 707 g/mol. The molecule has 0 spiro atoms. The van der Waals surface area contributed by atoms with E-state index in [4.69, 9.17) is 16.3 Å². The average Bonchev–Trinajstić information content (AvgIpc) is 3.24. The maximum absolute atomic E-state index is 14.1. The van der Waals surface area contributed by atoms with E-state index in [1.54, 1.807) is 12.1 Å². The maximum atomic E-state index is 14.1. The van der Waals surface area contributed by atoms with Crippen LogP contribution in [0.3, 0.4) is 0 Å². The summed E-state index contributed by atoms with van der Waals surface area (Å²) in [4.78, 5) is 58.5. The Balaban J connectivity index is 1.46. The van der Waals surface area contributed by atoms with Gasteiger partial charge in [0.2, 0.25) is 0 Å². The van der Waals surface area contributed by atoms with Gasteiger partial charge in [0.1, 0.15) is 5.69 Å². The molecule has 6 rings (SSSR count). The van der Waals surface area contributed by atoms with Crippen LogP contribution in [0.1, 0.15) is 36.9 Å². The Morgan fingerprint density at radius 3 is 2.51 bits per heavy atom. The first-order chi connectivity index (χ1) is 21.1. The van der Waals surface area contributed by atoms with E-state index in [0.29, 0.717) is 16.1 Å². The smallest absolute Gasteiger partial charge is 0.433 e. The number of amides is 2. The van der Waals surface area contributed by atoms with Crippen molar-refractivity contribution in [3.8, 4) is 11.5 Å². The van der Waals surface area contributed by atoms with Crippen molar-refractivity contribution < 1.29 is 42.2 Å². The first-order valence-corrected chi connectivity index (χ1v) is 14.9. The molecule has 14 heteroatoms. The molecule has 2 aromatic rings. The number of aromatic hydroxyl groups is 1. The highest BCUT2D eigenvalue weighted by atomic mass is 79.9. The standard InChI is InChI=1S/C31H24BrClF3N3O6/c1-12-8-20(40)25-18(26(12)41)11-16-14(23(25)17-9-13(32)10-21(45-3)27(17)42)4-5-15-24(16)30(44)39(29(15)43)38(2)28-19(33)6-7-22(37-28)31(34,35)36/h4,6-10,15-16,23-24,42H,5,11H2,1-3H3. The fourth-order valence-corrected chi connectivity index (χ4v) is 7.58. The van der Waals surface area contributed by atoms with Gasteiger partial charge in [0.25, 0.3) is 11.8 Å². The zero-order valence-electron chi connectivity index (χ0n) is 23.9. The van der Waals surface area contributed by atoms with Crippen molar-refractivity contribution in [1.82, 2.24) is 9.99 Å². The molecule has 4 atom stereocenters. The van der Waals surface area contributed by atoms with Crippen molar-refractivity contribution in [1.29, 1.82) is 0 Å². The summed E-state index contributed by atoms with van der Waals surface area (Å²) < 4.78 is 46.2. The number of pyridine rings is 1. The first kappa shape index (κ1) is 31.0. The maximum Gasteiger partial charge on any atom is 0.433 e. The quantitative estimate of drug-likeness (QED) is 0.244. The Kier molecular flexibility index (Phi) is 7.47. The molecule has 0 radical (unpaired) electrons. The molecule has 4 aliphatic rings. The van der Waals surface area contributed by atoms with Gasteiger partial charge in [0.15, 0.2) is 28.9 Å². The number of ether oxygens (including phenoxy) is 1. The number of hydrogen-bond acceptors (Lipinski definition) is 8. The van der Waals surface area contributed by atoms with E-state index in [2.05, 4.69) is 20.9 Å². The third-order valence-electron chi connectivity index (χ3n) is 8.86. The minimum absolute atomic E-state index is 0.0281. The number of methoxy groups -OCH3 is 1. The van der Waals surface area contributed by atoms with Crippen molar-refractivity contribution in [2.75, 3.05) is 19.2 Å². The molecular weight excluding hydrogens is 683 g/mol. The van der Waals surface area contributed by atoms with E-state index in [-0.39, 0.29) is 57.4 Å². The largest absolute Gasteiger partial charge is 0.504 e. The molecule has 1 fully saturated rings. The van der Waals surface area contributed by atoms with Crippen molar-refractivity contribution in [2.45, 2.75) is 31.9 Å². The molecular formula is C31H24BrClF3N3O6. The minimum Gasteiger partial charge on any atom is -0.504 e. The van der Waals surface area contributed by atoms with Crippen LogP contribution < -0.4 is 9.75 Å². The summed E-state index contributed by atoms with van der Waals surface area (Å²) in [5, 5.41) is 12.7. The second-order valence-electron chi connectivity index (χ2n) is 11.3. The molecule has 1 saturated heterocycles. The van der Waals surface area contributed by atoms with Gasteiger partial charge in [-0.25, -0.2) is 4.98 Å². The molecule has 45 heavy (non-hydrogen) atoms. The highest BCUT2D eigenvalue weighted by molar-refractivity contribution is 9.10. The van der Waals surface area contributed by atoms with Crippen LogP contribution in [0.15, 0.2) is 63.2 Å². The zero-order valence-corrected chi connectivity index (χ0v) is 26.2. The minimum atomic E-state index is -4.80. The summed E-state index contributed by atoms with van der Waals surface area (Å²) in [5.41, 5.74) is 0.155. The fraction of sp³-hybridized carbons (Fsp3) is 0.323. The van der Waals surface area contributed by atoms with E-state index in [0.717, 1.165) is 16.1 Å². The van der Waals surface area contributed by atoms with Crippen LogP contribution in [0.4, 0.5) is 19.0 Å². The van der Waals surface area contributed by atoms with E-state index >= 15 is 0 Å². The van der Waals surface area contributed by atoms with Crippen LogP contribution in [0.2, 0.25) is 5.02 Å². The number of imide groups is 1. The molecule has 1 aromatic carbocycles. The van der Waals surface area contributed by atoms with E-state index in [1.807, 2.05) is 0 Å². The van der Waals surface area contributed by atoms with Crippen molar-refractivity contribution in [2.24, 2.45) is 17.8 Å². The number of allylic oxidation sites excluding steroid dienone is 6. The predicted molar refractivity (Wildman–Crippen MR) is 158 cm³/mol.